The Hall–Kier alpha value is -0.570. The number of ether oxygens (including phenoxy) is 1. The first-order valence-corrected chi connectivity index (χ1v) is 6.48. The maximum absolute atomic E-state index is 11.2. The second kappa shape index (κ2) is 6.89. The van der Waals surface area contributed by atoms with Crippen molar-refractivity contribution >= 4 is 5.97 Å². The molecule has 1 aliphatic carbocycles. The van der Waals surface area contributed by atoms with Crippen LogP contribution in [0.4, 0.5) is 0 Å². The van der Waals surface area contributed by atoms with Gasteiger partial charge in [0.15, 0.2) is 0 Å². The molecule has 0 bridgehead atoms. The molecule has 1 saturated carbocycles. The lowest BCUT2D eigenvalue weighted by molar-refractivity contribution is -0.142. The summed E-state index contributed by atoms with van der Waals surface area (Å²) in [5, 5.41) is 0. The number of rotatable bonds is 5. The molecular formula is C13H25NO2. The molecule has 0 aromatic carbocycles. The second-order valence-corrected chi connectivity index (χ2v) is 5.08. The monoisotopic (exact) mass is 227 g/mol. The summed E-state index contributed by atoms with van der Waals surface area (Å²) in [5.41, 5.74) is 5.73. The minimum atomic E-state index is -0.434. The molecule has 2 atom stereocenters. The molecule has 0 aromatic rings. The van der Waals surface area contributed by atoms with E-state index >= 15 is 0 Å². The van der Waals surface area contributed by atoms with Gasteiger partial charge in [-0.05, 0) is 24.7 Å². The molecule has 2 N–H and O–H groups in total. The van der Waals surface area contributed by atoms with E-state index in [2.05, 4.69) is 11.7 Å². The third-order valence-corrected chi connectivity index (χ3v) is 3.89. The molecule has 0 heterocycles. The van der Waals surface area contributed by atoms with Gasteiger partial charge in [-0.1, -0.05) is 39.0 Å². The molecule has 0 spiro atoms. The highest BCUT2D eigenvalue weighted by Crippen LogP contribution is 2.32. The van der Waals surface area contributed by atoms with Gasteiger partial charge in [0, 0.05) is 0 Å². The predicted octanol–water partition coefficient (Wildman–Crippen LogP) is 2.48. The lowest BCUT2D eigenvalue weighted by Gasteiger charge is -2.28. The predicted molar refractivity (Wildman–Crippen MR) is 65.0 cm³/mol. The van der Waals surface area contributed by atoms with E-state index in [1.54, 1.807) is 0 Å². The molecule has 0 amide bonds. The van der Waals surface area contributed by atoms with Gasteiger partial charge in [0.25, 0.3) is 0 Å². The second-order valence-electron chi connectivity index (χ2n) is 5.08. The van der Waals surface area contributed by atoms with Crippen molar-refractivity contribution in [2.75, 3.05) is 7.11 Å². The van der Waals surface area contributed by atoms with Crippen LogP contribution in [0.1, 0.15) is 51.9 Å². The zero-order valence-corrected chi connectivity index (χ0v) is 10.6. The van der Waals surface area contributed by atoms with E-state index in [9.17, 15) is 4.79 Å². The number of carbonyl (C=O) groups excluding carboxylic acids is 1. The van der Waals surface area contributed by atoms with Crippen molar-refractivity contribution in [2.24, 2.45) is 17.6 Å². The van der Waals surface area contributed by atoms with Crippen LogP contribution >= 0.6 is 0 Å². The lowest BCUT2D eigenvalue weighted by atomic mass is 9.78. The summed E-state index contributed by atoms with van der Waals surface area (Å²) in [7, 11) is 1.40. The maximum Gasteiger partial charge on any atom is 0.322 e. The summed E-state index contributed by atoms with van der Waals surface area (Å²) in [6.45, 7) is 2.29. The first kappa shape index (κ1) is 13.5. The Bertz CT molecular complexity index is 212. The molecule has 3 nitrogen and oxygen atoms in total. The van der Waals surface area contributed by atoms with Crippen LogP contribution in [-0.4, -0.2) is 19.1 Å². The van der Waals surface area contributed by atoms with Crippen molar-refractivity contribution in [3.05, 3.63) is 0 Å². The van der Waals surface area contributed by atoms with E-state index in [0.29, 0.717) is 5.92 Å². The summed E-state index contributed by atoms with van der Waals surface area (Å²) < 4.78 is 4.63. The molecule has 0 radical (unpaired) electrons. The normalized spacial score (nSPS) is 21.4. The van der Waals surface area contributed by atoms with Crippen molar-refractivity contribution in [3.8, 4) is 0 Å². The highest BCUT2D eigenvalue weighted by atomic mass is 16.5. The molecule has 16 heavy (non-hydrogen) atoms. The SMILES string of the molecule is COC(=O)C(N)CCC(C)C1CCCCC1. The molecule has 0 aromatic heterocycles. The van der Waals surface area contributed by atoms with Crippen molar-refractivity contribution in [1.29, 1.82) is 0 Å². The number of hydrogen-bond acceptors (Lipinski definition) is 3. The molecule has 1 aliphatic rings. The number of nitrogens with two attached hydrogens (primary N) is 1. The summed E-state index contributed by atoms with van der Waals surface area (Å²) in [5.74, 6) is 1.26. The Morgan fingerprint density at radius 2 is 1.94 bits per heavy atom. The van der Waals surface area contributed by atoms with Crippen LogP contribution in [0.2, 0.25) is 0 Å². The van der Waals surface area contributed by atoms with E-state index in [1.807, 2.05) is 0 Å². The number of carbonyl (C=O) groups is 1. The minimum absolute atomic E-state index is 0.282. The van der Waals surface area contributed by atoms with Gasteiger partial charge in [0.05, 0.1) is 7.11 Å². The number of hydrogen-bond donors (Lipinski definition) is 1. The Morgan fingerprint density at radius 1 is 1.31 bits per heavy atom. The van der Waals surface area contributed by atoms with Gasteiger partial charge in [-0.25, -0.2) is 0 Å². The molecule has 2 unspecified atom stereocenters. The summed E-state index contributed by atoms with van der Waals surface area (Å²) in [6.07, 6.45) is 8.65. The summed E-state index contributed by atoms with van der Waals surface area (Å²) in [6, 6.07) is -0.434. The fourth-order valence-electron chi connectivity index (χ4n) is 2.65. The quantitative estimate of drug-likeness (QED) is 0.734. The average molecular weight is 227 g/mol. The first-order valence-electron chi connectivity index (χ1n) is 6.48. The Morgan fingerprint density at radius 3 is 2.50 bits per heavy atom. The maximum atomic E-state index is 11.2. The van der Waals surface area contributed by atoms with E-state index in [-0.39, 0.29) is 5.97 Å². The van der Waals surface area contributed by atoms with Gasteiger partial charge >= 0.3 is 5.97 Å². The molecule has 1 fully saturated rings. The largest absolute Gasteiger partial charge is 0.468 e. The summed E-state index contributed by atoms with van der Waals surface area (Å²) >= 11 is 0. The van der Waals surface area contributed by atoms with E-state index in [0.717, 1.165) is 18.8 Å². The fraction of sp³-hybridized carbons (Fsp3) is 0.923. The van der Waals surface area contributed by atoms with Gasteiger partial charge < -0.3 is 10.5 Å². The van der Waals surface area contributed by atoms with Gasteiger partial charge in [-0.3, -0.25) is 4.79 Å². The lowest BCUT2D eigenvalue weighted by Crippen LogP contribution is -2.32. The van der Waals surface area contributed by atoms with Crippen LogP contribution in [0.15, 0.2) is 0 Å². The Labute approximate surface area is 98.7 Å². The zero-order chi connectivity index (χ0) is 12.0. The smallest absolute Gasteiger partial charge is 0.322 e. The molecule has 0 aliphatic heterocycles. The van der Waals surface area contributed by atoms with E-state index in [1.165, 1.54) is 39.2 Å². The highest BCUT2D eigenvalue weighted by Gasteiger charge is 2.22. The minimum Gasteiger partial charge on any atom is -0.468 e. The van der Waals surface area contributed by atoms with Crippen LogP contribution in [0.3, 0.4) is 0 Å². The molecule has 94 valence electrons. The standard InChI is InChI=1S/C13H25NO2/c1-10(11-6-4-3-5-7-11)8-9-12(14)13(15)16-2/h10-12H,3-9,14H2,1-2H3. The molecule has 1 rings (SSSR count). The van der Waals surface area contributed by atoms with Crippen molar-refractivity contribution in [2.45, 2.75) is 57.9 Å². The Kier molecular flexibility index (Phi) is 5.81. The van der Waals surface area contributed by atoms with Gasteiger partial charge in [0.1, 0.15) is 6.04 Å². The zero-order valence-electron chi connectivity index (χ0n) is 10.6. The van der Waals surface area contributed by atoms with Crippen LogP contribution in [0, 0.1) is 11.8 Å². The van der Waals surface area contributed by atoms with Gasteiger partial charge in [0.2, 0.25) is 0 Å². The number of esters is 1. The molecule has 0 saturated heterocycles. The summed E-state index contributed by atoms with van der Waals surface area (Å²) in [4.78, 5) is 11.2. The van der Waals surface area contributed by atoms with Crippen molar-refractivity contribution in [3.63, 3.8) is 0 Å². The van der Waals surface area contributed by atoms with Gasteiger partial charge in [-0.2, -0.15) is 0 Å². The Balaban J connectivity index is 2.23. The van der Waals surface area contributed by atoms with Crippen LogP contribution in [-0.2, 0) is 9.53 Å². The van der Waals surface area contributed by atoms with Crippen LogP contribution < -0.4 is 5.73 Å². The van der Waals surface area contributed by atoms with E-state index < -0.39 is 6.04 Å². The van der Waals surface area contributed by atoms with Gasteiger partial charge in [-0.15, -0.1) is 0 Å². The number of methoxy groups -OCH3 is 1. The molecular weight excluding hydrogens is 202 g/mol. The molecule has 3 heteroatoms. The van der Waals surface area contributed by atoms with E-state index in [4.69, 9.17) is 5.73 Å². The average Bonchev–Trinajstić information content (AvgIpc) is 2.35. The fourth-order valence-corrected chi connectivity index (χ4v) is 2.65. The third-order valence-electron chi connectivity index (χ3n) is 3.89. The van der Waals surface area contributed by atoms with Crippen molar-refractivity contribution < 1.29 is 9.53 Å². The topological polar surface area (TPSA) is 52.3 Å². The highest BCUT2D eigenvalue weighted by molar-refractivity contribution is 5.75. The van der Waals surface area contributed by atoms with Crippen LogP contribution in [0.5, 0.6) is 0 Å². The third kappa shape index (κ3) is 4.12. The first-order chi connectivity index (χ1) is 7.65. The van der Waals surface area contributed by atoms with Crippen LogP contribution in [0.25, 0.3) is 0 Å². The van der Waals surface area contributed by atoms with Crippen molar-refractivity contribution in [1.82, 2.24) is 0 Å².